The lowest BCUT2D eigenvalue weighted by Gasteiger charge is -2.19. The van der Waals surface area contributed by atoms with E-state index in [0.29, 0.717) is 6.54 Å². The molecule has 0 aliphatic heterocycles. The molecule has 19 heavy (non-hydrogen) atoms. The molecule has 1 fully saturated rings. The van der Waals surface area contributed by atoms with Crippen molar-refractivity contribution in [2.45, 2.75) is 58.8 Å². The Hall–Kier alpha value is -1.06. The van der Waals surface area contributed by atoms with Crippen LogP contribution >= 0.6 is 0 Å². The van der Waals surface area contributed by atoms with E-state index in [2.05, 4.69) is 12.2 Å². The molecule has 0 radical (unpaired) electrons. The van der Waals surface area contributed by atoms with Crippen molar-refractivity contribution in [3.05, 3.63) is 0 Å². The summed E-state index contributed by atoms with van der Waals surface area (Å²) in [6.07, 6.45) is 6.61. The smallest absolute Gasteiger partial charge is 0.306 e. The summed E-state index contributed by atoms with van der Waals surface area (Å²) in [5, 5.41) is 12.1. The van der Waals surface area contributed by atoms with Gasteiger partial charge in [0, 0.05) is 12.5 Å². The Bertz CT molecular complexity index is 304. The van der Waals surface area contributed by atoms with Crippen LogP contribution in [-0.2, 0) is 9.59 Å². The molecule has 1 aliphatic carbocycles. The molecule has 4 heteroatoms. The highest BCUT2D eigenvalue weighted by atomic mass is 16.4. The van der Waals surface area contributed by atoms with Gasteiger partial charge in [0.1, 0.15) is 0 Å². The van der Waals surface area contributed by atoms with Crippen LogP contribution in [0.1, 0.15) is 58.8 Å². The molecule has 1 amide bonds. The first kappa shape index (κ1) is 16.0. The number of nitrogens with one attached hydrogen (secondary N) is 1. The van der Waals surface area contributed by atoms with Crippen LogP contribution in [0.5, 0.6) is 0 Å². The Morgan fingerprint density at radius 2 is 2.05 bits per heavy atom. The number of unbranched alkanes of at least 4 members (excludes halogenated alkanes) is 1. The van der Waals surface area contributed by atoms with E-state index in [1.165, 1.54) is 0 Å². The van der Waals surface area contributed by atoms with Crippen molar-refractivity contribution in [2.24, 2.45) is 17.8 Å². The van der Waals surface area contributed by atoms with Crippen LogP contribution in [0, 0.1) is 17.8 Å². The van der Waals surface area contributed by atoms with Gasteiger partial charge in [-0.2, -0.15) is 0 Å². The van der Waals surface area contributed by atoms with Crippen LogP contribution in [0.4, 0.5) is 0 Å². The zero-order chi connectivity index (χ0) is 14.3. The second-order valence-corrected chi connectivity index (χ2v) is 5.63. The Balaban J connectivity index is 2.38. The summed E-state index contributed by atoms with van der Waals surface area (Å²) in [4.78, 5) is 23.1. The minimum Gasteiger partial charge on any atom is -0.481 e. The molecule has 0 spiro atoms. The number of hydrogen-bond donors (Lipinski definition) is 2. The van der Waals surface area contributed by atoms with Gasteiger partial charge in [-0.05, 0) is 31.6 Å². The summed E-state index contributed by atoms with van der Waals surface area (Å²) in [5.41, 5.74) is 0. The highest BCUT2D eigenvalue weighted by Crippen LogP contribution is 2.31. The molecule has 2 N–H and O–H groups in total. The summed E-state index contributed by atoms with van der Waals surface area (Å²) in [6.45, 7) is 4.69. The molecule has 0 bridgehead atoms. The van der Waals surface area contributed by atoms with E-state index >= 15 is 0 Å². The van der Waals surface area contributed by atoms with E-state index in [-0.39, 0.29) is 23.7 Å². The Kier molecular flexibility index (Phi) is 6.89. The van der Waals surface area contributed by atoms with Crippen molar-refractivity contribution in [3.8, 4) is 0 Å². The zero-order valence-corrected chi connectivity index (χ0v) is 12.2. The van der Waals surface area contributed by atoms with Crippen LogP contribution in [0.15, 0.2) is 0 Å². The number of aliphatic carboxylic acids is 1. The predicted molar refractivity (Wildman–Crippen MR) is 74.8 cm³/mol. The lowest BCUT2D eigenvalue weighted by molar-refractivity contribution is -0.143. The van der Waals surface area contributed by atoms with Gasteiger partial charge in [0.05, 0.1) is 5.92 Å². The second-order valence-electron chi connectivity index (χ2n) is 5.63. The summed E-state index contributed by atoms with van der Waals surface area (Å²) >= 11 is 0. The van der Waals surface area contributed by atoms with Gasteiger partial charge in [-0.1, -0.05) is 33.1 Å². The van der Waals surface area contributed by atoms with E-state index in [1.807, 2.05) is 6.92 Å². The Morgan fingerprint density at radius 3 is 2.63 bits per heavy atom. The number of carbonyl (C=O) groups excluding carboxylic acids is 1. The first-order valence-corrected chi connectivity index (χ1v) is 7.60. The van der Waals surface area contributed by atoms with E-state index in [9.17, 15) is 9.59 Å². The predicted octanol–water partition coefficient (Wildman–Crippen LogP) is 2.82. The van der Waals surface area contributed by atoms with Crippen molar-refractivity contribution in [2.75, 3.05) is 6.54 Å². The summed E-state index contributed by atoms with van der Waals surface area (Å²) < 4.78 is 0. The summed E-state index contributed by atoms with van der Waals surface area (Å²) in [6, 6.07) is 0. The van der Waals surface area contributed by atoms with E-state index in [0.717, 1.165) is 44.9 Å². The van der Waals surface area contributed by atoms with Crippen LogP contribution in [0.2, 0.25) is 0 Å². The molecule has 0 aromatic rings. The Labute approximate surface area is 116 Å². The standard InChI is InChI=1S/C15H27NO3/c1-3-5-7-11(4-2)14(17)16-10-12-8-6-9-13(12)15(18)19/h11-13H,3-10H2,1-2H3,(H,16,17)(H,18,19). The van der Waals surface area contributed by atoms with Gasteiger partial charge in [-0.15, -0.1) is 0 Å². The van der Waals surface area contributed by atoms with E-state index < -0.39 is 5.97 Å². The molecule has 1 rings (SSSR count). The van der Waals surface area contributed by atoms with Crippen LogP contribution < -0.4 is 5.32 Å². The number of carbonyl (C=O) groups is 2. The molecule has 0 aromatic heterocycles. The van der Waals surface area contributed by atoms with Crippen molar-refractivity contribution >= 4 is 11.9 Å². The van der Waals surface area contributed by atoms with Gasteiger partial charge in [0.25, 0.3) is 0 Å². The fraction of sp³-hybridized carbons (Fsp3) is 0.867. The van der Waals surface area contributed by atoms with Gasteiger partial charge in [-0.3, -0.25) is 9.59 Å². The van der Waals surface area contributed by atoms with Crippen LogP contribution in [0.3, 0.4) is 0 Å². The third-order valence-corrected chi connectivity index (χ3v) is 4.28. The number of carboxylic acid groups (broad SMARTS) is 1. The molecule has 110 valence electrons. The molecule has 3 atom stereocenters. The highest BCUT2D eigenvalue weighted by molar-refractivity contribution is 5.78. The third-order valence-electron chi connectivity index (χ3n) is 4.28. The average molecular weight is 269 g/mol. The fourth-order valence-corrected chi connectivity index (χ4v) is 2.95. The molecule has 0 heterocycles. The van der Waals surface area contributed by atoms with Crippen LogP contribution in [-0.4, -0.2) is 23.5 Å². The topological polar surface area (TPSA) is 66.4 Å². The molecule has 0 aromatic carbocycles. The van der Waals surface area contributed by atoms with Gasteiger partial charge in [0.15, 0.2) is 0 Å². The number of carboxylic acids is 1. The molecular formula is C15H27NO3. The lowest BCUT2D eigenvalue weighted by atomic mass is 9.95. The Morgan fingerprint density at radius 1 is 1.32 bits per heavy atom. The van der Waals surface area contributed by atoms with Gasteiger partial charge in [-0.25, -0.2) is 0 Å². The van der Waals surface area contributed by atoms with Gasteiger partial charge >= 0.3 is 5.97 Å². The number of rotatable bonds is 8. The lowest BCUT2D eigenvalue weighted by Crippen LogP contribution is -2.36. The van der Waals surface area contributed by atoms with Crippen molar-refractivity contribution in [1.82, 2.24) is 5.32 Å². The maximum atomic E-state index is 12.1. The molecular weight excluding hydrogens is 242 g/mol. The first-order valence-electron chi connectivity index (χ1n) is 7.60. The van der Waals surface area contributed by atoms with E-state index in [4.69, 9.17) is 5.11 Å². The third kappa shape index (κ3) is 4.84. The maximum Gasteiger partial charge on any atom is 0.306 e. The maximum absolute atomic E-state index is 12.1. The van der Waals surface area contributed by atoms with E-state index in [1.54, 1.807) is 0 Å². The largest absolute Gasteiger partial charge is 0.481 e. The monoisotopic (exact) mass is 269 g/mol. The first-order chi connectivity index (χ1) is 9.10. The van der Waals surface area contributed by atoms with Crippen molar-refractivity contribution < 1.29 is 14.7 Å². The average Bonchev–Trinajstić information content (AvgIpc) is 2.85. The molecule has 1 saturated carbocycles. The SMILES string of the molecule is CCCCC(CC)C(=O)NCC1CCCC1C(=O)O. The van der Waals surface area contributed by atoms with Crippen molar-refractivity contribution in [1.29, 1.82) is 0 Å². The molecule has 4 nitrogen and oxygen atoms in total. The quantitative estimate of drug-likeness (QED) is 0.712. The van der Waals surface area contributed by atoms with Gasteiger partial charge in [0.2, 0.25) is 5.91 Å². The summed E-state index contributed by atoms with van der Waals surface area (Å²) in [5.74, 6) is -0.674. The van der Waals surface area contributed by atoms with Crippen molar-refractivity contribution in [3.63, 3.8) is 0 Å². The van der Waals surface area contributed by atoms with Crippen LogP contribution in [0.25, 0.3) is 0 Å². The second kappa shape index (κ2) is 8.18. The minimum absolute atomic E-state index is 0.0876. The highest BCUT2D eigenvalue weighted by Gasteiger charge is 2.33. The number of amides is 1. The fourth-order valence-electron chi connectivity index (χ4n) is 2.95. The molecule has 1 aliphatic rings. The normalized spacial score (nSPS) is 24.1. The number of hydrogen-bond acceptors (Lipinski definition) is 2. The van der Waals surface area contributed by atoms with Gasteiger partial charge < -0.3 is 10.4 Å². The zero-order valence-electron chi connectivity index (χ0n) is 12.2. The summed E-state index contributed by atoms with van der Waals surface area (Å²) in [7, 11) is 0. The minimum atomic E-state index is -0.713. The molecule has 3 unspecified atom stereocenters. The molecule has 0 saturated heterocycles.